The van der Waals surface area contributed by atoms with Crippen LogP contribution < -0.4 is 5.32 Å². The van der Waals surface area contributed by atoms with Crippen LogP contribution in [0.25, 0.3) is 0 Å². The van der Waals surface area contributed by atoms with Crippen molar-refractivity contribution in [3.63, 3.8) is 0 Å². The van der Waals surface area contributed by atoms with Crippen LogP contribution >= 0.6 is 0 Å². The lowest BCUT2D eigenvalue weighted by atomic mass is 10.2. The monoisotopic (exact) mass is 298 g/mol. The number of amides is 2. The molecular weight excluding hydrogens is 283 g/mol. The molecule has 1 heterocycles. The van der Waals surface area contributed by atoms with Gasteiger partial charge in [0.2, 0.25) is 0 Å². The minimum Gasteiger partial charge on any atom is -0.478 e. The van der Waals surface area contributed by atoms with Crippen molar-refractivity contribution < 1.29 is 28.9 Å². The lowest BCUT2D eigenvalue weighted by Crippen LogP contribution is -2.52. The molecule has 0 spiro atoms. The van der Waals surface area contributed by atoms with Gasteiger partial charge in [0.05, 0.1) is 37.1 Å². The van der Waals surface area contributed by atoms with Crippen molar-refractivity contribution in [1.29, 1.82) is 0 Å². The highest BCUT2D eigenvalue weighted by Crippen LogP contribution is 2.18. The summed E-state index contributed by atoms with van der Waals surface area (Å²) in [6, 6.07) is 2.01. The molecule has 1 aromatic rings. The molecule has 0 aromatic heterocycles. The van der Waals surface area contributed by atoms with Crippen LogP contribution in [0.2, 0.25) is 0 Å². The zero-order valence-electron chi connectivity index (χ0n) is 11.1. The topological polar surface area (TPSA) is 99.1 Å². The summed E-state index contributed by atoms with van der Waals surface area (Å²) in [5.41, 5.74) is -0.351. The fourth-order valence-electron chi connectivity index (χ4n) is 2.01. The van der Waals surface area contributed by atoms with Gasteiger partial charge in [-0.1, -0.05) is 0 Å². The Hall–Kier alpha value is -2.19. The van der Waals surface area contributed by atoms with Crippen molar-refractivity contribution in [3.05, 3.63) is 29.6 Å². The van der Waals surface area contributed by atoms with Gasteiger partial charge in [-0.25, -0.2) is 14.0 Å². The smallest absolute Gasteiger partial charge is 0.335 e. The molecule has 21 heavy (non-hydrogen) atoms. The molecule has 7 nitrogen and oxygen atoms in total. The van der Waals surface area contributed by atoms with E-state index in [0.29, 0.717) is 6.61 Å². The number of halogens is 1. The molecule has 3 N–H and O–H groups in total. The standard InChI is InChI=1S/C13H15FN2O5/c14-10-2-1-8(12(18)19)5-11(10)15-13(20)16-3-4-21-7-9(16)6-17/h1-2,5,9,17H,3-4,6-7H2,(H,15,20)(H,18,19). The second-order valence-electron chi connectivity index (χ2n) is 4.53. The molecule has 114 valence electrons. The summed E-state index contributed by atoms with van der Waals surface area (Å²) in [7, 11) is 0. The number of benzene rings is 1. The number of aliphatic hydroxyl groups excluding tert-OH is 1. The molecule has 8 heteroatoms. The second-order valence-corrected chi connectivity index (χ2v) is 4.53. The molecule has 0 bridgehead atoms. The normalized spacial score (nSPS) is 18.4. The van der Waals surface area contributed by atoms with Gasteiger partial charge in [0.25, 0.3) is 0 Å². The van der Waals surface area contributed by atoms with E-state index in [1.165, 1.54) is 4.90 Å². The van der Waals surface area contributed by atoms with Crippen molar-refractivity contribution in [3.8, 4) is 0 Å². The molecule has 1 aromatic carbocycles. The van der Waals surface area contributed by atoms with Gasteiger partial charge in [-0.3, -0.25) is 0 Å². The Kier molecular flexibility index (Phi) is 4.71. The summed E-state index contributed by atoms with van der Waals surface area (Å²) >= 11 is 0. The number of carbonyl (C=O) groups excluding carboxylic acids is 1. The van der Waals surface area contributed by atoms with Gasteiger partial charge in [-0.15, -0.1) is 0 Å². The van der Waals surface area contributed by atoms with E-state index in [4.69, 9.17) is 9.84 Å². The number of carboxylic acids is 1. The van der Waals surface area contributed by atoms with Crippen molar-refractivity contribution >= 4 is 17.7 Å². The first-order valence-corrected chi connectivity index (χ1v) is 6.32. The summed E-state index contributed by atoms with van der Waals surface area (Å²) in [5, 5.41) is 20.4. The Bertz CT molecular complexity index is 551. The Labute approximate surface area is 119 Å². The highest BCUT2D eigenvalue weighted by molar-refractivity contribution is 5.93. The van der Waals surface area contributed by atoms with E-state index in [9.17, 15) is 19.1 Å². The van der Waals surface area contributed by atoms with Crippen molar-refractivity contribution in [2.24, 2.45) is 0 Å². The molecule has 0 aliphatic carbocycles. The van der Waals surface area contributed by atoms with Crippen LogP contribution in [-0.4, -0.2) is 59.5 Å². The van der Waals surface area contributed by atoms with Crippen molar-refractivity contribution in [2.45, 2.75) is 6.04 Å². The second kappa shape index (κ2) is 6.51. The van der Waals surface area contributed by atoms with E-state index in [-0.39, 0.29) is 31.0 Å². The third-order valence-corrected chi connectivity index (χ3v) is 3.15. The highest BCUT2D eigenvalue weighted by atomic mass is 19.1. The third-order valence-electron chi connectivity index (χ3n) is 3.15. The number of ether oxygens (including phenoxy) is 1. The van der Waals surface area contributed by atoms with Gasteiger partial charge < -0.3 is 25.2 Å². The molecule has 2 amide bonds. The number of carboxylic acid groups (broad SMARTS) is 1. The number of hydrogen-bond acceptors (Lipinski definition) is 4. The quantitative estimate of drug-likeness (QED) is 0.764. The first-order valence-electron chi connectivity index (χ1n) is 6.32. The fourth-order valence-corrected chi connectivity index (χ4v) is 2.01. The first kappa shape index (κ1) is 15.2. The molecule has 1 aliphatic heterocycles. The van der Waals surface area contributed by atoms with E-state index in [0.717, 1.165) is 18.2 Å². The van der Waals surface area contributed by atoms with Gasteiger partial charge >= 0.3 is 12.0 Å². The zero-order chi connectivity index (χ0) is 15.4. The molecular formula is C13H15FN2O5. The molecule has 1 fully saturated rings. The highest BCUT2D eigenvalue weighted by Gasteiger charge is 2.27. The van der Waals surface area contributed by atoms with E-state index in [1.807, 2.05) is 0 Å². The van der Waals surface area contributed by atoms with Crippen LogP contribution in [0.4, 0.5) is 14.9 Å². The number of nitrogens with zero attached hydrogens (tertiary/aromatic N) is 1. The Morgan fingerprint density at radius 1 is 1.48 bits per heavy atom. The van der Waals surface area contributed by atoms with Crippen LogP contribution in [0, 0.1) is 5.82 Å². The average molecular weight is 298 g/mol. The van der Waals surface area contributed by atoms with E-state index >= 15 is 0 Å². The number of anilines is 1. The number of aromatic carboxylic acids is 1. The van der Waals surface area contributed by atoms with Crippen LogP contribution in [-0.2, 0) is 4.74 Å². The molecule has 1 atom stereocenters. The molecule has 1 aliphatic rings. The molecule has 2 rings (SSSR count). The Morgan fingerprint density at radius 3 is 2.90 bits per heavy atom. The van der Waals surface area contributed by atoms with Gasteiger partial charge in [0.1, 0.15) is 5.82 Å². The summed E-state index contributed by atoms with van der Waals surface area (Å²) in [6.07, 6.45) is 0. The lowest BCUT2D eigenvalue weighted by Gasteiger charge is -2.34. The number of carbonyl (C=O) groups is 2. The number of rotatable bonds is 3. The number of morpholine rings is 1. The Morgan fingerprint density at radius 2 is 2.24 bits per heavy atom. The van der Waals surface area contributed by atoms with Crippen molar-refractivity contribution in [1.82, 2.24) is 4.90 Å². The van der Waals surface area contributed by atoms with Crippen LogP contribution in [0.5, 0.6) is 0 Å². The number of urea groups is 1. The third kappa shape index (κ3) is 3.47. The minimum atomic E-state index is -1.22. The van der Waals surface area contributed by atoms with Crippen molar-refractivity contribution in [2.75, 3.05) is 31.7 Å². The first-order chi connectivity index (χ1) is 10.0. The van der Waals surface area contributed by atoms with E-state index in [2.05, 4.69) is 5.32 Å². The maximum absolute atomic E-state index is 13.6. The maximum Gasteiger partial charge on any atom is 0.335 e. The average Bonchev–Trinajstić information content (AvgIpc) is 2.49. The van der Waals surface area contributed by atoms with Crippen LogP contribution in [0.3, 0.4) is 0 Å². The maximum atomic E-state index is 13.6. The molecule has 1 unspecified atom stereocenters. The largest absolute Gasteiger partial charge is 0.478 e. The number of nitrogens with one attached hydrogen (secondary N) is 1. The predicted octanol–water partition coefficient (Wildman–Crippen LogP) is 0.749. The van der Waals surface area contributed by atoms with Gasteiger partial charge in [-0.2, -0.15) is 0 Å². The summed E-state index contributed by atoms with van der Waals surface area (Å²) in [4.78, 5) is 24.3. The zero-order valence-corrected chi connectivity index (χ0v) is 11.1. The van der Waals surface area contributed by atoms with Crippen LogP contribution in [0.15, 0.2) is 18.2 Å². The number of hydrogen-bond donors (Lipinski definition) is 3. The predicted molar refractivity (Wildman–Crippen MR) is 70.8 cm³/mol. The fraction of sp³-hybridized carbons (Fsp3) is 0.385. The van der Waals surface area contributed by atoms with Crippen LogP contribution in [0.1, 0.15) is 10.4 Å². The van der Waals surface area contributed by atoms with E-state index in [1.54, 1.807) is 0 Å². The van der Waals surface area contributed by atoms with Gasteiger partial charge in [0, 0.05) is 6.54 Å². The summed E-state index contributed by atoms with van der Waals surface area (Å²) in [6.45, 7) is 0.505. The number of aliphatic hydroxyl groups is 1. The SMILES string of the molecule is O=C(O)c1ccc(F)c(NC(=O)N2CCOCC2CO)c1. The van der Waals surface area contributed by atoms with Gasteiger partial charge in [0.15, 0.2) is 0 Å². The lowest BCUT2D eigenvalue weighted by molar-refractivity contribution is -0.00486. The van der Waals surface area contributed by atoms with Gasteiger partial charge in [-0.05, 0) is 18.2 Å². The van der Waals surface area contributed by atoms with E-state index < -0.39 is 23.9 Å². The molecule has 0 saturated carbocycles. The summed E-state index contributed by atoms with van der Waals surface area (Å²) in [5.74, 6) is -1.95. The summed E-state index contributed by atoms with van der Waals surface area (Å²) < 4.78 is 18.8. The molecule has 0 radical (unpaired) electrons. The minimum absolute atomic E-state index is 0.132. The molecule has 1 saturated heterocycles. The Balaban J connectivity index is 2.15.